The Morgan fingerprint density at radius 1 is 0.462 bits per heavy atom. The number of aromatic nitrogens is 4. The van der Waals surface area contributed by atoms with E-state index in [4.69, 9.17) is 20.4 Å². The van der Waals surface area contributed by atoms with Crippen molar-refractivity contribution in [3.63, 3.8) is 0 Å². The molecule has 0 aliphatic rings. The van der Waals surface area contributed by atoms with Gasteiger partial charge in [-0.15, -0.1) is 0 Å². The van der Waals surface area contributed by atoms with Gasteiger partial charge in [0.15, 0.2) is 17.5 Å². The Labute approximate surface area is 301 Å². The van der Waals surface area contributed by atoms with Gasteiger partial charge in [-0.1, -0.05) is 127 Å². The highest BCUT2D eigenvalue weighted by atomic mass is 15.0. The van der Waals surface area contributed by atoms with Crippen LogP contribution in [0.1, 0.15) is 5.56 Å². The molecule has 0 aliphatic heterocycles. The van der Waals surface area contributed by atoms with Crippen LogP contribution in [0.15, 0.2) is 176 Å². The average molecular weight is 669 g/mol. The van der Waals surface area contributed by atoms with Gasteiger partial charge >= 0.3 is 0 Å². The highest BCUT2D eigenvalue weighted by molar-refractivity contribution is 6.17. The molecular weight excluding hydrogens is 637 g/mol. The maximum Gasteiger partial charge on any atom is 0.164 e. The summed E-state index contributed by atoms with van der Waals surface area (Å²) in [6.07, 6.45) is 1.46. The molecule has 2 N–H and O–H groups in total. The van der Waals surface area contributed by atoms with Gasteiger partial charge in [0.25, 0.3) is 0 Å². The third-order valence-corrected chi connectivity index (χ3v) is 9.33. The molecule has 0 saturated carbocycles. The summed E-state index contributed by atoms with van der Waals surface area (Å²) in [4.78, 5) is 14.8. The van der Waals surface area contributed by atoms with E-state index in [-0.39, 0.29) is 0 Å². The third-order valence-electron chi connectivity index (χ3n) is 9.33. The summed E-state index contributed by atoms with van der Waals surface area (Å²) in [5.74, 6) is 1.88. The lowest BCUT2D eigenvalue weighted by Crippen LogP contribution is -2.00. The van der Waals surface area contributed by atoms with Crippen LogP contribution in [-0.2, 0) is 0 Å². The van der Waals surface area contributed by atoms with E-state index in [2.05, 4.69) is 88.7 Å². The molecule has 6 nitrogen and oxygen atoms in total. The molecule has 0 amide bonds. The molecule has 2 aromatic heterocycles. The monoisotopic (exact) mass is 668 g/mol. The minimum atomic E-state index is 0.616. The average Bonchev–Trinajstić information content (AvgIpc) is 3.56. The number of anilines is 2. The first-order valence-corrected chi connectivity index (χ1v) is 17.2. The van der Waals surface area contributed by atoms with Crippen molar-refractivity contribution in [1.82, 2.24) is 19.5 Å². The molecule has 7 aromatic carbocycles. The van der Waals surface area contributed by atoms with Crippen molar-refractivity contribution in [2.45, 2.75) is 0 Å². The Morgan fingerprint density at radius 2 is 1.00 bits per heavy atom. The Balaban J connectivity index is 1.19. The first-order chi connectivity index (χ1) is 25.7. The van der Waals surface area contributed by atoms with Crippen molar-refractivity contribution in [2.24, 2.45) is 0 Å². The van der Waals surface area contributed by atoms with E-state index in [1.54, 1.807) is 0 Å². The molecule has 246 valence electrons. The van der Waals surface area contributed by atoms with Gasteiger partial charge in [-0.2, -0.15) is 0 Å². The van der Waals surface area contributed by atoms with Crippen molar-refractivity contribution in [3.8, 4) is 51.0 Å². The number of fused-ring (bicyclic) bond motifs is 3. The predicted molar refractivity (Wildman–Crippen MR) is 214 cm³/mol. The zero-order chi connectivity index (χ0) is 34.9. The van der Waals surface area contributed by atoms with Gasteiger partial charge in [0.1, 0.15) is 0 Å². The quantitative estimate of drug-likeness (QED) is 0.158. The maximum atomic E-state index is 8.59. The molecule has 9 rings (SSSR count). The minimum Gasteiger partial charge on any atom is -0.355 e. The summed E-state index contributed by atoms with van der Waals surface area (Å²) in [6.45, 7) is 0. The molecule has 2 heterocycles. The normalized spacial score (nSPS) is 11.2. The third kappa shape index (κ3) is 5.68. The molecule has 0 radical (unpaired) electrons. The second-order valence-electron chi connectivity index (χ2n) is 12.6. The minimum absolute atomic E-state index is 0.616. The molecule has 0 spiro atoms. The van der Waals surface area contributed by atoms with Gasteiger partial charge in [-0.05, 0) is 59.7 Å². The van der Waals surface area contributed by atoms with E-state index in [1.165, 1.54) is 6.21 Å². The second kappa shape index (κ2) is 13.3. The van der Waals surface area contributed by atoms with Gasteiger partial charge in [-0.3, -0.25) is 0 Å². The van der Waals surface area contributed by atoms with E-state index in [0.29, 0.717) is 17.5 Å². The van der Waals surface area contributed by atoms with Crippen LogP contribution in [-0.4, -0.2) is 25.7 Å². The van der Waals surface area contributed by atoms with E-state index in [1.807, 2.05) is 97.1 Å². The summed E-state index contributed by atoms with van der Waals surface area (Å²) < 4.78 is 2.27. The number of benzene rings is 7. The summed E-state index contributed by atoms with van der Waals surface area (Å²) in [5, 5.41) is 14.3. The fourth-order valence-corrected chi connectivity index (χ4v) is 6.87. The van der Waals surface area contributed by atoms with Crippen LogP contribution in [0.25, 0.3) is 72.8 Å². The number of hydrogen-bond acceptors (Lipinski definition) is 5. The Morgan fingerprint density at radius 3 is 1.63 bits per heavy atom. The Kier molecular flexibility index (Phi) is 7.87. The van der Waals surface area contributed by atoms with Crippen LogP contribution in [0, 0.1) is 5.41 Å². The number of rotatable bonds is 8. The van der Waals surface area contributed by atoms with Crippen LogP contribution in [0.3, 0.4) is 0 Å². The number of hydrogen-bond donors (Lipinski definition) is 2. The van der Waals surface area contributed by atoms with Gasteiger partial charge in [0, 0.05) is 56.3 Å². The number of nitrogens with zero attached hydrogens (tertiary/aromatic N) is 4. The molecule has 0 fully saturated rings. The maximum absolute atomic E-state index is 8.59. The van der Waals surface area contributed by atoms with Crippen LogP contribution in [0.2, 0.25) is 0 Å². The summed E-state index contributed by atoms with van der Waals surface area (Å²) in [5.41, 5.74) is 10.7. The molecular formula is C46H32N6. The summed E-state index contributed by atoms with van der Waals surface area (Å²) in [6, 6.07) is 59.8. The van der Waals surface area contributed by atoms with Crippen LogP contribution in [0.5, 0.6) is 0 Å². The Hall–Kier alpha value is -7.18. The first-order valence-electron chi connectivity index (χ1n) is 17.2. The first kappa shape index (κ1) is 30.8. The smallest absolute Gasteiger partial charge is 0.164 e. The van der Waals surface area contributed by atoms with Crippen molar-refractivity contribution < 1.29 is 0 Å². The lowest BCUT2D eigenvalue weighted by Gasteiger charge is -2.14. The van der Waals surface area contributed by atoms with Crippen LogP contribution in [0.4, 0.5) is 11.4 Å². The van der Waals surface area contributed by atoms with Gasteiger partial charge < -0.3 is 15.3 Å². The number of para-hydroxylation sites is 2. The molecule has 52 heavy (non-hydrogen) atoms. The fraction of sp³-hybridized carbons (Fsp3) is 0. The lowest BCUT2D eigenvalue weighted by atomic mass is 10.00. The highest BCUT2D eigenvalue weighted by Crippen LogP contribution is 2.39. The van der Waals surface area contributed by atoms with Crippen molar-refractivity contribution >= 4 is 39.4 Å². The SMILES string of the molecule is N=Cc1c(Nc2ccccc2)ccc2c3cc(-c4cccc(-c5nc(-c6ccccc6)nc(-c6ccccc6)n5)c4)ccc3n(-c3ccccc3)c12. The Bertz CT molecular complexity index is 2650. The molecule has 0 atom stereocenters. The largest absolute Gasteiger partial charge is 0.355 e. The molecule has 6 heteroatoms. The summed E-state index contributed by atoms with van der Waals surface area (Å²) >= 11 is 0. The van der Waals surface area contributed by atoms with E-state index in [0.717, 1.165) is 72.2 Å². The van der Waals surface area contributed by atoms with Crippen molar-refractivity contribution in [1.29, 1.82) is 5.41 Å². The standard InChI is InChI=1S/C46H32N6/c47-30-40-41(48-36-20-9-3-10-21-36)26-25-38-39-29-34(24-27-42(39)52(43(38)40)37-22-11-4-12-23-37)33-18-13-19-35(28-33)46-50-44(31-14-5-1-6-15-31)49-45(51-46)32-16-7-2-8-17-32/h1-30,47-48H. The molecule has 0 aliphatic carbocycles. The highest BCUT2D eigenvalue weighted by Gasteiger charge is 2.19. The molecule has 0 saturated heterocycles. The number of nitrogens with one attached hydrogen (secondary N) is 2. The van der Waals surface area contributed by atoms with Gasteiger partial charge in [-0.25, -0.2) is 15.0 Å². The molecule has 0 unspecified atom stereocenters. The predicted octanol–water partition coefficient (Wildman–Crippen LogP) is 11.4. The van der Waals surface area contributed by atoms with Crippen molar-refractivity contribution in [3.05, 3.63) is 181 Å². The van der Waals surface area contributed by atoms with Crippen molar-refractivity contribution in [2.75, 3.05) is 5.32 Å². The fourth-order valence-electron chi connectivity index (χ4n) is 6.87. The lowest BCUT2D eigenvalue weighted by molar-refractivity contribution is 1.07. The molecule has 0 bridgehead atoms. The van der Waals surface area contributed by atoms with E-state index < -0.39 is 0 Å². The summed E-state index contributed by atoms with van der Waals surface area (Å²) in [7, 11) is 0. The van der Waals surface area contributed by atoms with E-state index >= 15 is 0 Å². The van der Waals surface area contributed by atoms with Gasteiger partial charge in [0.05, 0.1) is 11.0 Å². The van der Waals surface area contributed by atoms with E-state index in [9.17, 15) is 0 Å². The zero-order valence-electron chi connectivity index (χ0n) is 28.1. The van der Waals surface area contributed by atoms with Gasteiger partial charge in [0.2, 0.25) is 0 Å². The zero-order valence-corrected chi connectivity index (χ0v) is 28.1. The van der Waals surface area contributed by atoms with Crippen LogP contribution < -0.4 is 5.32 Å². The van der Waals surface area contributed by atoms with Crippen LogP contribution >= 0.6 is 0 Å². The topological polar surface area (TPSA) is 79.5 Å². The second-order valence-corrected chi connectivity index (χ2v) is 12.6. The molecule has 9 aromatic rings.